The predicted octanol–water partition coefficient (Wildman–Crippen LogP) is 4.50. The van der Waals surface area contributed by atoms with E-state index in [1.807, 2.05) is 29.5 Å². The van der Waals surface area contributed by atoms with Crippen LogP contribution < -0.4 is 0 Å². The van der Waals surface area contributed by atoms with E-state index in [0.717, 1.165) is 50.0 Å². The first kappa shape index (κ1) is 22.1. The zero-order chi connectivity index (χ0) is 21.7. The van der Waals surface area contributed by atoms with Crippen LogP contribution in [0.15, 0.2) is 30.3 Å². The highest BCUT2D eigenvalue weighted by atomic mass is 16.5. The summed E-state index contributed by atoms with van der Waals surface area (Å²) in [5.41, 5.74) is 3.57. The smallest absolute Gasteiger partial charge is 0.358 e. The van der Waals surface area contributed by atoms with E-state index in [1.54, 1.807) is 6.92 Å². The Hall–Kier alpha value is -2.63. The van der Waals surface area contributed by atoms with Crippen LogP contribution in [0.5, 0.6) is 0 Å². The third-order valence-electron chi connectivity index (χ3n) is 6.03. The lowest BCUT2D eigenvalue weighted by Gasteiger charge is -2.34. The number of aryl methyl sites for hydroxylation is 1. The third kappa shape index (κ3) is 4.74. The number of aromatic nitrogens is 2. The number of rotatable bonds is 7. The van der Waals surface area contributed by atoms with E-state index in [2.05, 4.69) is 36.3 Å². The molecular weight excluding hydrogens is 378 g/mol. The average molecular weight is 412 g/mol. The Balaban J connectivity index is 1.85. The van der Waals surface area contributed by atoms with Gasteiger partial charge in [-0.3, -0.25) is 9.48 Å². The van der Waals surface area contributed by atoms with Crippen molar-refractivity contribution in [3.63, 3.8) is 0 Å². The van der Waals surface area contributed by atoms with Gasteiger partial charge in [-0.1, -0.05) is 45.0 Å². The Morgan fingerprint density at radius 1 is 1.13 bits per heavy atom. The van der Waals surface area contributed by atoms with Crippen molar-refractivity contribution in [3.05, 3.63) is 41.6 Å². The molecule has 0 unspecified atom stereocenters. The first-order chi connectivity index (χ1) is 14.5. The molecule has 0 N–H and O–H groups in total. The number of carbonyl (C=O) groups is 2. The summed E-state index contributed by atoms with van der Waals surface area (Å²) in [4.78, 5) is 26.8. The van der Waals surface area contributed by atoms with Crippen molar-refractivity contribution >= 4 is 11.9 Å². The molecule has 1 aromatic heterocycles. The Morgan fingerprint density at radius 2 is 1.80 bits per heavy atom. The fraction of sp³-hybridized carbons (Fsp3) is 0.542. The number of ether oxygens (including phenoxy) is 1. The monoisotopic (exact) mass is 411 g/mol. The number of hydrogen-bond acceptors (Lipinski definition) is 4. The van der Waals surface area contributed by atoms with Crippen molar-refractivity contribution in [3.8, 4) is 11.3 Å². The minimum atomic E-state index is -0.396. The van der Waals surface area contributed by atoms with Gasteiger partial charge in [0.15, 0.2) is 5.69 Å². The van der Waals surface area contributed by atoms with Crippen LogP contribution in [0.2, 0.25) is 0 Å². The summed E-state index contributed by atoms with van der Waals surface area (Å²) in [6, 6.07) is 10.4. The summed E-state index contributed by atoms with van der Waals surface area (Å²) in [7, 11) is 0. The van der Waals surface area contributed by atoms with E-state index in [0.29, 0.717) is 12.3 Å². The molecule has 1 aliphatic rings. The summed E-state index contributed by atoms with van der Waals surface area (Å²) in [6.07, 6.45) is 3.49. The second kappa shape index (κ2) is 9.92. The van der Waals surface area contributed by atoms with Gasteiger partial charge in [-0.25, -0.2) is 4.79 Å². The Labute approximate surface area is 179 Å². The second-order valence-corrected chi connectivity index (χ2v) is 8.00. The van der Waals surface area contributed by atoms with Crippen LogP contribution in [0.4, 0.5) is 0 Å². The summed E-state index contributed by atoms with van der Waals surface area (Å²) >= 11 is 0. The van der Waals surface area contributed by atoms with Crippen molar-refractivity contribution < 1.29 is 14.3 Å². The molecule has 0 saturated carbocycles. The molecule has 0 aliphatic carbocycles. The molecule has 162 valence electrons. The van der Waals surface area contributed by atoms with Gasteiger partial charge in [0.1, 0.15) is 0 Å². The van der Waals surface area contributed by atoms with Crippen molar-refractivity contribution in [2.75, 3.05) is 19.7 Å². The molecule has 1 aromatic carbocycles. The Morgan fingerprint density at radius 3 is 2.37 bits per heavy atom. The van der Waals surface area contributed by atoms with Crippen molar-refractivity contribution in [1.82, 2.24) is 14.7 Å². The largest absolute Gasteiger partial charge is 0.461 e. The number of piperidine rings is 1. The molecule has 1 fully saturated rings. The number of hydrogen-bond donors (Lipinski definition) is 0. The molecular formula is C24H33N3O3. The predicted molar refractivity (Wildman–Crippen MR) is 117 cm³/mol. The van der Waals surface area contributed by atoms with Crippen LogP contribution in [0.1, 0.15) is 69.1 Å². The Bertz CT molecular complexity index is 864. The van der Waals surface area contributed by atoms with Gasteiger partial charge in [-0.05, 0) is 49.8 Å². The molecule has 1 amide bonds. The van der Waals surface area contributed by atoms with Crippen LogP contribution in [0.25, 0.3) is 11.3 Å². The zero-order valence-corrected chi connectivity index (χ0v) is 18.6. The molecule has 2 aromatic rings. The highest BCUT2D eigenvalue weighted by Crippen LogP contribution is 2.30. The maximum absolute atomic E-state index is 12.5. The lowest BCUT2D eigenvalue weighted by Crippen LogP contribution is -2.41. The molecule has 6 nitrogen and oxygen atoms in total. The fourth-order valence-corrected chi connectivity index (χ4v) is 3.92. The molecule has 1 atom stereocenters. The number of likely N-dealkylation sites (tertiary alicyclic amines) is 1. The van der Waals surface area contributed by atoms with Crippen molar-refractivity contribution in [1.29, 1.82) is 0 Å². The first-order valence-electron chi connectivity index (χ1n) is 11.1. The van der Waals surface area contributed by atoms with E-state index in [9.17, 15) is 9.59 Å². The lowest BCUT2D eigenvalue weighted by atomic mass is 10.0. The fourth-order valence-electron chi connectivity index (χ4n) is 3.92. The van der Waals surface area contributed by atoms with Gasteiger partial charge in [-0.15, -0.1) is 0 Å². The van der Waals surface area contributed by atoms with Gasteiger partial charge in [0.2, 0.25) is 5.91 Å². The first-order valence-corrected chi connectivity index (χ1v) is 11.1. The highest BCUT2D eigenvalue weighted by Gasteiger charge is 2.29. The topological polar surface area (TPSA) is 64.4 Å². The van der Waals surface area contributed by atoms with Crippen molar-refractivity contribution in [2.45, 2.75) is 59.4 Å². The molecule has 0 bridgehead atoms. The molecule has 3 rings (SSSR count). The summed E-state index contributed by atoms with van der Waals surface area (Å²) in [5, 5.41) is 4.63. The van der Waals surface area contributed by atoms with Crippen LogP contribution in [-0.4, -0.2) is 46.3 Å². The molecule has 1 saturated heterocycles. The number of nitrogens with zero attached hydrogens (tertiary/aromatic N) is 3. The van der Waals surface area contributed by atoms with E-state index in [-0.39, 0.29) is 17.9 Å². The highest BCUT2D eigenvalue weighted by molar-refractivity contribution is 5.88. The Kier molecular flexibility index (Phi) is 7.29. The number of esters is 1. The third-order valence-corrected chi connectivity index (χ3v) is 6.03. The maximum Gasteiger partial charge on any atom is 0.358 e. The SMILES string of the molecule is CCOC(=O)c1cc(-c2ccc(CC)cc2)n(C2CCN(C(=O)[C@@H](C)CC)CC2)n1. The van der Waals surface area contributed by atoms with E-state index in [1.165, 1.54) is 5.56 Å². The van der Waals surface area contributed by atoms with Gasteiger partial charge < -0.3 is 9.64 Å². The minimum Gasteiger partial charge on any atom is -0.461 e. The molecule has 0 spiro atoms. The van der Waals surface area contributed by atoms with E-state index < -0.39 is 5.97 Å². The van der Waals surface area contributed by atoms with E-state index >= 15 is 0 Å². The van der Waals surface area contributed by atoms with Gasteiger partial charge in [0.25, 0.3) is 0 Å². The lowest BCUT2D eigenvalue weighted by molar-refractivity contribution is -0.136. The molecule has 0 radical (unpaired) electrons. The standard InChI is InChI=1S/C24H33N3O3/c1-5-17(4)23(28)26-14-12-20(13-15-26)27-22(16-21(25-27)24(29)30-7-3)19-10-8-18(6-2)9-11-19/h8-11,16-17,20H,5-7,12-15H2,1-4H3/t17-/m0/s1. The molecule has 30 heavy (non-hydrogen) atoms. The quantitative estimate of drug-likeness (QED) is 0.629. The minimum absolute atomic E-state index is 0.0642. The van der Waals surface area contributed by atoms with Gasteiger partial charge >= 0.3 is 5.97 Å². The van der Waals surface area contributed by atoms with Gasteiger partial charge in [0.05, 0.1) is 18.3 Å². The molecule has 6 heteroatoms. The van der Waals surface area contributed by atoms with Crippen LogP contribution in [0, 0.1) is 5.92 Å². The number of carbonyl (C=O) groups excluding carboxylic acids is 2. The van der Waals surface area contributed by atoms with Gasteiger partial charge in [0, 0.05) is 19.0 Å². The van der Waals surface area contributed by atoms with Crippen LogP contribution in [-0.2, 0) is 16.0 Å². The average Bonchev–Trinajstić information content (AvgIpc) is 3.24. The molecule has 1 aliphatic heterocycles. The van der Waals surface area contributed by atoms with Crippen LogP contribution >= 0.6 is 0 Å². The van der Waals surface area contributed by atoms with E-state index in [4.69, 9.17) is 4.74 Å². The maximum atomic E-state index is 12.5. The van der Waals surface area contributed by atoms with Crippen LogP contribution in [0.3, 0.4) is 0 Å². The summed E-state index contributed by atoms with van der Waals surface area (Å²) in [6.45, 7) is 9.73. The number of amides is 1. The summed E-state index contributed by atoms with van der Waals surface area (Å²) in [5.74, 6) is -0.0969. The normalized spacial score (nSPS) is 15.8. The van der Waals surface area contributed by atoms with Crippen molar-refractivity contribution in [2.24, 2.45) is 5.92 Å². The number of benzene rings is 1. The zero-order valence-electron chi connectivity index (χ0n) is 18.6. The second-order valence-electron chi connectivity index (χ2n) is 8.00. The van der Waals surface area contributed by atoms with Gasteiger partial charge in [-0.2, -0.15) is 5.10 Å². The molecule has 2 heterocycles. The summed E-state index contributed by atoms with van der Waals surface area (Å²) < 4.78 is 7.15.